The van der Waals surface area contributed by atoms with Crippen LogP contribution >= 0.6 is 0 Å². The maximum Gasteiger partial charge on any atom is 0.417 e. The highest BCUT2D eigenvalue weighted by Gasteiger charge is 2.34. The Labute approximate surface area is 123 Å². The molecule has 1 aromatic carbocycles. The number of benzene rings is 1. The van der Waals surface area contributed by atoms with Crippen LogP contribution in [0.25, 0.3) is 0 Å². The lowest BCUT2D eigenvalue weighted by Crippen LogP contribution is -2.33. The topological polar surface area (TPSA) is 35.8 Å². The molecular weight excluding hydrogens is 277 g/mol. The summed E-state index contributed by atoms with van der Waals surface area (Å²) in [6.07, 6.45) is -1.37. The molecule has 3 atom stereocenters. The average Bonchev–Trinajstić information content (AvgIpc) is 2.41. The smallest absolute Gasteiger partial charge is 0.382 e. The summed E-state index contributed by atoms with van der Waals surface area (Å²) >= 11 is 0. The first-order chi connectivity index (χ1) is 9.81. The van der Waals surface area contributed by atoms with E-state index >= 15 is 0 Å². The summed E-state index contributed by atoms with van der Waals surface area (Å²) in [6, 6.07) is 5.63. The van der Waals surface area contributed by atoms with Crippen molar-refractivity contribution >= 4 is 5.69 Å². The van der Waals surface area contributed by atoms with Crippen molar-refractivity contribution in [2.45, 2.75) is 45.3 Å². The number of hydrogen-bond acceptors (Lipinski definition) is 2. The molecule has 0 spiro atoms. The number of nitrogens with one attached hydrogen (secondary N) is 1. The van der Waals surface area contributed by atoms with E-state index in [9.17, 15) is 13.2 Å². The van der Waals surface area contributed by atoms with Crippen molar-refractivity contribution in [1.82, 2.24) is 0 Å². The fraction of sp³-hybridized carbons (Fsp3) is 0.562. The standard InChI is InChI=1S/C16H19F3N2/c1-10-3-6-15(11(2)7-10)21-13-5-4-12(9-20)14(8-13)16(17,18)19/h4-5,8,10-11,15,21H,3,6-7H2,1-2H3. The van der Waals surface area contributed by atoms with Gasteiger partial charge in [-0.25, -0.2) is 0 Å². The molecule has 0 aromatic heterocycles. The zero-order valence-electron chi connectivity index (χ0n) is 12.2. The molecule has 21 heavy (non-hydrogen) atoms. The van der Waals surface area contributed by atoms with Crippen LogP contribution in [0.3, 0.4) is 0 Å². The number of alkyl halides is 3. The van der Waals surface area contributed by atoms with Crippen molar-refractivity contribution in [2.75, 3.05) is 5.32 Å². The van der Waals surface area contributed by atoms with Gasteiger partial charge in [0.15, 0.2) is 0 Å². The molecule has 0 saturated heterocycles. The average molecular weight is 296 g/mol. The van der Waals surface area contributed by atoms with Gasteiger partial charge in [0.1, 0.15) is 0 Å². The van der Waals surface area contributed by atoms with Gasteiger partial charge in [0, 0.05) is 11.7 Å². The van der Waals surface area contributed by atoms with Crippen LogP contribution in [0, 0.1) is 23.2 Å². The summed E-state index contributed by atoms with van der Waals surface area (Å²) in [6.45, 7) is 4.33. The number of halogens is 3. The van der Waals surface area contributed by atoms with Crippen molar-refractivity contribution < 1.29 is 13.2 Å². The molecule has 114 valence electrons. The predicted octanol–water partition coefficient (Wildman–Crippen LogP) is 4.81. The minimum atomic E-state index is -4.50. The molecule has 1 aliphatic rings. The number of rotatable bonds is 2. The zero-order valence-corrected chi connectivity index (χ0v) is 12.2. The molecule has 0 heterocycles. The SMILES string of the molecule is CC1CCC(Nc2ccc(C#N)c(C(F)(F)F)c2)C(C)C1. The van der Waals surface area contributed by atoms with E-state index in [2.05, 4.69) is 19.2 Å². The van der Waals surface area contributed by atoms with E-state index in [-0.39, 0.29) is 11.6 Å². The summed E-state index contributed by atoms with van der Waals surface area (Å²) in [5, 5.41) is 12.0. The maximum absolute atomic E-state index is 12.9. The Morgan fingerprint density at radius 1 is 1.24 bits per heavy atom. The highest BCUT2D eigenvalue weighted by atomic mass is 19.4. The highest BCUT2D eigenvalue weighted by Crippen LogP contribution is 2.35. The van der Waals surface area contributed by atoms with Gasteiger partial charge < -0.3 is 5.32 Å². The predicted molar refractivity (Wildman–Crippen MR) is 75.7 cm³/mol. The summed E-state index contributed by atoms with van der Waals surface area (Å²) in [5.74, 6) is 1.10. The molecule has 1 fully saturated rings. The molecule has 2 nitrogen and oxygen atoms in total. The van der Waals surface area contributed by atoms with E-state index in [1.165, 1.54) is 6.07 Å². The molecule has 1 saturated carbocycles. The van der Waals surface area contributed by atoms with Crippen LogP contribution in [-0.2, 0) is 6.18 Å². The van der Waals surface area contributed by atoms with Gasteiger partial charge in [-0.05, 0) is 49.3 Å². The van der Waals surface area contributed by atoms with E-state index < -0.39 is 11.7 Å². The Bertz CT molecular complexity index is 545. The molecular formula is C16H19F3N2. The third-order valence-corrected chi connectivity index (χ3v) is 4.23. The molecule has 1 N–H and O–H groups in total. The normalized spacial score (nSPS) is 26.2. The number of nitrogens with zero attached hydrogens (tertiary/aromatic N) is 1. The summed E-state index contributed by atoms with van der Waals surface area (Å²) in [4.78, 5) is 0. The summed E-state index contributed by atoms with van der Waals surface area (Å²) < 4.78 is 38.8. The minimum Gasteiger partial charge on any atom is -0.382 e. The molecule has 0 amide bonds. The first kappa shape index (κ1) is 15.7. The van der Waals surface area contributed by atoms with Crippen LogP contribution in [0.1, 0.15) is 44.2 Å². The Morgan fingerprint density at radius 3 is 2.52 bits per heavy atom. The fourth-order valence-corrected chi connectivity index (χ4v) is 3.06. The largest absolute Gasteiger partial charge is 0.417 e. The zero-order chi connectivity index (χ0) is 15.6. The maximum atomic E-state index is 12.9. The Balaban J connectivity index is 2.20. The van der Waals surface area contributed by atoms with Crippen molar-refractivity contribution in [3.8, 4) is 6.07 Å². The van der Waals surface area contributed by atoms with Gasteiger partial charge in [0.2, 0.25) is 0 Å². The molecule has 3 unspecified atom stereocenters. The second-order valence-corrected chi connectivity index (χ2v) is 6.02. The van der Waals surface area contributed by atoms with Crippen molar-refractivity contribution in [2.24, 2.45) is 11.8 Å². The quantitative estimate of drug-likeness (QED) is 0.849. The molecule has 1 aliphatic carbocycles. The van der Waals surface area contributed by atoms with Crippen LogP contribution < -0.4 is 5.32 Å². The first-order valence-electron chi connectivity index (χ1n) is 7.19. The Kier molecular flexibility index (Phi) is 4.46. The third kappa shape index (κ3) is 3.69. The van der Waals surface area contributed by atoms with Gasteiger partial charge in [0.05, 0.1) is 17.2 Å². The number of hydrogen-bond donors (Lipinski definition) is 1. The van der Waals surface area contributed by atoms with Crippen LogP contribution in [0.2, 0.25) is 0 Å². The monoisotopic (exact) mass is 296 g/mol. The molecule has 5 heteroatoms. The van der Waals surface area contributed by atoms with Gasteiger partial charge in [-0.3, -0.25) is 0 Å². The van der Waals surface area contributed by atoms with Gasteiger partial charge in [-0.2, -0.15) is 18.4 Å². The van der Waals surface area contributed by atoms with Crippen molar-refractivity contribution in [1.29, 1.82) is 5.26 Å². The molecule has 0 radical (unpaired) electrons. The fourth-order valence-electron chi connectivity index (χ4n) is 3.06. The van der Waals surface area contributed by atoms with Crippen molar-refractivity contribution in [3.05, 3.63) is 29.3 Å². The molecule has 0 aliphatic heterocycles. The van der Waals surface area contributed by atoms with Gasteiger partial charge in [-0.15, -0.1) is 0 Å². The lowest BCUT2D eigenvalue weighted by Gasteiger charge is -2.34. The van der Waals surface area contributed by atoms with E-state index in [0.29, 0.717) is 17.5 Å². The van der Waals surface area contributed by atoms with E-state index in [0.717, 1.165) is 25.3 Å². The number of anilines is 1. The first-order valence-corrected chi connectivity index (χ1v) is 7.19. The van der Waals surface area contributed by atoms with Crippen LogP contribution in [-0.4, -0.2) is 6.04 Å². The second-order valence-electron chi connectivity index (χ2n) is 6.02. The second kappa shape index (κ2) is 5.97. The van der Waals surface area contributed by atoms with Crippen molar-refractivity contribution in [3.63, 3.8) is 0 Å². The Morgan fingerprint density at radius 2 is 1.95 bits per heavy atom. The minimum absolute atomic E-state index is 0.190. The molecule has 0 bridgehead atoms. The van der Waals surface area contributed by atoms with Gasteiger partial charge in [0.25, 0.3) is 0 Å². The van der Waals surface area contributed by atoms with Crippen LogP contribution in [0.4, 0.5) is 18.9 Å². The lowest BCUT2D eigenvalue weighted by molar-refractivity contribution is -0.137. The molecule has 2 rings (SSSR count). The van der Waals surface area contributed by atoms with Gasteiger partial charge >= 0.3 is 6.18 Å². The highest BCUT2D eigenvalue weighted by molar-refractivity contribution is 5.53. The lowest BCUT2D eigenvalue weighted by atomic mass is 9.80. The third-order valence-electron chi connectivity index (χ3n) is 4.23. The van der Waals surface area contributed by atoms with Crippen LogP contribution in [0.5, 0.6) is 0 Å². The summed E-state index contributed by atoms with van der Waals surface area (Å²) in [7, 11) is 0. The Hall–Kier alpha value is -1.70. The van der Waals surface area contributed by atoms with E-state index in [4.69, 9.17) is 5.26 Å². The summed E-state index contributed by atoms with van der Waals surface area (Å²) in [5.41, 5.74) is -0.766. The van der Waals surface area contributed by atoms with E-state index in [1.807, 2.05) is 0 Å². The van der Waals surface area contributed by atoms with E-state index in [1.54, 1.807) is 12.1 Å². The van der Waals surface area contributed by atoms with Gasteiger partial charge in [-0.1, -0.05) is 13.8 Å². The number of nitriles is 1. The van der Waals surface area contributed by atoms with Crippen LogP contribution in [0.15, 0.2) is 18.2 Å². The molecule has 1 aromatic rings.